The van der Waals surface area contributed by atoms with Crippen molar-refractivity contribution >= 4 is 11.6 Å². The number of fused-ring (bicyclic) bond motifs is 4. The fourth-order valence-electron chi connectivity index (χ4n) is 4.91. The Hall–Kier alpha value is -3.22. The van der Waals surface area contributed by atoms with Crippen LogP contribution in [0.1, 0.15) is 43.4 Å². The van der Waals surface area contributed by atoms with Crippen LogP contribution in [0, 0.1) is 0 Å². The molecule has 1 fully saturated rings. The van der Waals surface area contributed by atoms with Gasteiger partial charge in [-0.25, -0.2) is 5.01 Å². The molecule has 7 nitrogen and oxygen atoms in total. The highest BCUT2D eigenvalue weighted by Crippen LogP contribution is 2.52. The Morgan fingerprint density at radius 2 is 1.90 bits per heavy atom. The van der Waals surface area contributed by atoms with Crippen molar-refractivity contribution in [2.45, 2.75) is 38.0 Å². The zero-order chi connectivity index (χ0) is 21.6. The molecule has 1 atom stereocenters. The van der Waals surface area contributed by atoms with E-state index in [4.69, 9.17) is 19.3 Å². The molecule has 0 aliphatic carbocycles. The van der Waals surface area contributed by atoms with E-state index < -0.39 is 5.72 Å². The second-order valence-corrected chi connectivity index (χ2v) is 8.28. The van der Waals surface area contributed by atoms with Gasteiger partial charge in [0.05, 0.1) is 26.0 Å². The average molecular weight is 421 g/mol. The van der Waals surface area contributed by atoms with Gasteiger partial charge in [0.1, 0.15) is 5.75 Å². The largest absolute Gasteiger partial charge is 0.497 e. The Kier molecular flexibility index (Phi) is 4.76. The third kappa shape index (κ3) is 3.19. The van der Waals surface area contributed by atoms with E-state index in [1.807, 2.05) is 35.2 Å². The number of rotatable bonds is 3. The lowest BCUT2D eigenvalue weighted by atomic mass is 9.90. The van der Waals surface area contributed by atoms with E-state index in [9.17, 15) is 4.79 Å². The van der Waals surface area contributed by atoms with E-state index in [1.165, 1.54) is 0 Å². The maximum absolute atomic E-state index is 11.9. The summed E-state index contributed by atoms with van der Waals surface area (Å²) < 4.78 is 17.7. The van der Waals surface area contributed by atoms with Gasteiger partial charge in [0.15, 0.2) is 11.5 Å². The Morgan fingerprint density at radius 3 is 2.61 bits per heavy atom. The van der Waals surface area contributed by atoms with Crippen LogP contribution in [0.2, 0.25) is 0 Å². The van der Waals surface area contributed by atoms with Gasteiger partial charge in [-0.1, -0.05) is 24.3 Å². The van der Waals surface area contributed by atoms with Crippen molar-refractivity contribution in [1.82, 2.24) is 9.91 Å². The monoisotopic (exact) mass is 421 g/mol. The van der Waals surface area contributed by atoms with Crippen molar-refractivity contribution in [3.63, 3.8) is 0 Å². The Labute approximate surface area is 182 Å². The van der Waals surface area contributed by atoms with Gasteiger partial charge in [-0.2, -0.15) is 5.10 Å². The third-order valence-corrected chi connectivity index (χ3v) is 6.60. The smallest absolute Gasteiger partial charge is 0.219 e. The Morgan fingerprint density at radius 1 is 1.13 bits per heavy atom. The fourth-order valence-corrected chi connectivity index (χ4v) is 4.91. The van der Waals surface area contributed by atoms with Crippen LogP contribution >= 0.6 is 0 Å². The predicted molar refractivity (Wildman–Crippen MR) is 117 cm³/mol. The van der Waals surface area contributed by atoms with Gasteiger partial charge in [-0.05, 0) is 18.2 Å². The predicted octanol–water partition coefficient (Wildman–Crippen LogP) is 3.59. The summed E-state index contributed by atoms with van der Waals surface area (Å²) in [4.78, 5) is 13.8. The zero-order valence-electron chi connectivity index (χ0n) is 18.1. The zero-order valence-corrected chi connectivity index (χ0v) is 18.1. The second-order valence-electron chi connectivity index (χ2n) is 8.28. The lowest BCUT2D eigenvalue weighted by Crippen LogP contribution is -2.59. The van der Waals surface area contributed by atoms with Crippen molar-refractivity contribution in [2.75, 3.05) is 27.3 Å². The van der Waals surface area contributed by atoms with Gasteiger partial charge in [-0.15, -0.1) is 0 Å². The number of piperidine rings is 1. The van der Waals surface area contributed by atoms with Crippen molar-refractivity contribution in [1.29, 1.82) is 0 Å². The summed E-state index contributed by atoms with van der Waals surface area (Å²) in [7, 11) is 3.34. The average Bonchev–Trinajstić information content (AvgIpc) is 3.26. The van der Waals surface area contributed by atoms with Gasteiger partial charge >= 0.3 is 0 Å². The lowest BCUT2D eigenvalue weighted by molar-refractivity contribution is -0.159. The van der Waals surface area contributed by atoms with Gasteiger partial charge in [0.2, 0.25) is 11.6 Å². The van der Waals surface area contributed by atoms with Crippen molar-refractivity contribution in [3.05, 3.63) is 53.6 Å². The number of methoxy groups -OCH3 is 2. The van der Waals surface area contributed by atoms with Crippen LogP contribution < -0.4 is 14.2 Å². The highest BCUT2D eigenvalue weighted by atomic mass is 16.5. The maximum Gasteiger partial charge on any atom is 0.219 e. The molecule has 0 bridgehead atoms. The van der Waals surface area contributed by atoms with Crippen molar-refractivity contribution in [2.24, 2.45) is 5.10 Å². The Bertz CT molecular complexity index is 1040. The molecule has 0 radical (unpaired) electrons. The quantitative estimate of drug-likeness (QED) is 0.758. The lowest BCUT2D eigenvalue weighted by Gasteiger charge is -2.51. The third-order valence-electron chi connectivity index (χ3n) is 6.60. The molecule has 1 amide bonds. The molecule has 31 heavy (non-hydrogen) atoms. The summed E-state index contributed by atoms with van der Waals surface area (Å²) in [5.74, 6) is 2.44. The van der Waals surface area contributed by atoms with Crippen LogP contribution in [0.25, 0.3) is 0 Å². The van der Waals surface area contributed by atoms with Gasteiger partial charge in [0.25, 0.3) is 0 Å². The molecule has 7 heteroatoms. The molecule has 1 unspecified atom stereocenters. The SMILES string of the molecule is COc1cccc(C2=NN3C(C2)c2cccc(OC)c2OC32CCN(C(C)=O)CC2)c1. The highest BCUT2D eigenvalue weighted by molar-refractivity contribution is 6.02. The van der Waals surface area contributed by atoms with Gasteiger partial charge in [0, 0.05) is 50.4 Å². The molecule has 3 aliphatic rings. The molecule has 0 saturated carbocycles. The van der Waals surface area contributed by atoms with Gasteiger partial charge < -0.3 is 19.1 Å². The van der Waals surface area contributed by atoms with Gasteiger partial charge in [-0.3, -0.25) is 4.79 Å². The number of amides is 1. The first-order chi connectivity index (χ1) is 15.0. The molecular weight excluding hydrogens is 394 g/mol. The van der Waals surface area contributed by atoms with E-state index in [0.717, 1.165) is 40.5 Å². The van der Waals surface area contributed by atoms with Crippen molar-refractivity contribution < 1.29 is 19.0 Å². The first kappa shape index (κ1) is 19.7. The summed E-state index contributed by atoms with van der Waals surface area (Å²) >= 11 is 0. The molecule has 1 spiro atoms. The molecule has 0 N–H and O–H groups in total. The standard InChI is InChI=1S/C24H27N3O4/c1-16(28)26-12-10-24(11-13-26)27-21(19-8-5-9-22(30-3)23(19)31-24)15-20(25-27)17-6-4-7-18(14-17)29-2/h4-9,14,21H,10-13,15H2,1-3H3. The first-order valence-corrected chi connectivity index (χ1v) is 10.7. The highest BCUT2D eigenvalue weighted by Gasteiger charge is 2.52. The van der Waals surface area contributed by atoms with Crippen LogP contribution in [-0.4, -0.2) is 54.6 Å². The number of benzene rings is 2. The van der Waals surface area contributed by atoms with E-state index >= 15 is 0 Å². The van der Waals surface area contributed by atoms with Crippen LogP contribution in [0.5, 0.6) is 17.2 Å². The Balaban J connectivity index is 1.57. The number of hydrogen-bond donors (Lipinski definition) is 0. The summed E-state index contributed by atoms with van der Waals surface area (Å²) in [6.45, 7) is 2.91. The number of likely N-dealkylation sites (tertiary alicyclic amines) is 1. The molecule has 3 heterocycles. The molecule has 162 valence electrons. The van der Waals surface area contributed by atoms with Crippen LogP contribution in [0.15, 0.2) is 47.6 Å². The topological polar surface area (TPSA) is 63.6 Å². The summed E-state index contributed by atoms with van der Waals surface area (Å²) in [6, 6.07) is 14.1. The normalized spacial score (nSPS) is 21.1. The molecule has 1 saturated heterocycles. The summed E-state index contributed by atoms with van der Waals surface area (Å²) in [5.41, 5.74) is 2.55. The minimum atomic E-state index is -0.598. The molecule has 0 aromatic heterocycles. The minimum Gasteiger partial charge on any atom is -0.497 e. The maximum atomic E-state index is 11.9. The van der Waals surface area contributed by atoms with Crippen LogP contribution in [0.4, 0.5) is 0 Å². The number of hydrogen-bond acceptors (Lipinski definition) is 6. The first-order valence-electron chi connectivity index (χ1n) is 10.7. The fraction of sp³-hybridized carbons (Fsp3) is 0.417. The van der Waals surface area contributed by atoms with E-state index in [-0.39, 0.29) is 11.9 Å². The van der Waals surface area contributed by atoms with E-state index in [1.54, 1.807) is 21.1 Å². The number of carbonyl (C=O) groups excluding carboxylic acids is 1. The number of hydrazone groups is 1. The van der Waals surface area contributed by atoms with E-state index in [2.05, 4.69) is 17.1 Å². The summed E-state index contributed by atoms with van der Waals surface area (Å²) in [5, 5.41) is 7.22. The summed E-state index contributed by atoms with van der Waals surface area (Å²) in [6.07, 6.45) is 2.15. The second kappa shape index (κ2) is 7.48. The molecule has 2 aromatic rings. The van der Waals surface area contributed by atoms with Crippen LogP contribution in [-0.2, 0) is 4.79 Å². The van der Waals surface area contributed by atoms with Crippen molar-refractivity contribution in [3.8, 4) is 17.2 Å². The molecule has 2 aromatic carbocycles. The number of nitrogens with zero attached hydrogens (tertiary/aromatic N) is 3. The molecular formula is C24H27N3O4. The van der Waals surface area contributed by atoms with Crippen LogP contribution in [0.3, 0.4) is 0 Å². The minimum absolute atomic E-state index is 0.0592. The van der Waals surface area contributed by atoms with E-state index in [0.29, 0.717) is 25.9 Å². The molecule has 3 aliphatic heterocycles. The number of ether oxygens (including phenoxy) is 3. The number of para-hydroxylation sites is 1. The number of carbonyl (C=O) groups is 1. The molecule has 5 rings (SSSR count).